The molecule has 0 saturated carbocycles. The van der Waals surface area contributed by atoms with Crippen LogP contribution in [0.3, 0.4) is 0 Å². The summed E-state index contributed by atoms with van der Waals surface area (Å²) in [4.78, 5) is 0. The van der Waals surface area contributed by atoms with E-state index in [9.17, 15) is 13.5 Å². The van der Waals surface area contributed by atoms with Crippen LogP contribution in [-0.2, 0) is 14.3 Å². The van der Waals surface area contributed by atoms with Crippen molar-refractivity contribution in [3.63, 3.8) is 0 Å². The van der Waals surface area contributed by atoms with Crippen molar-refractivity contribution < 1.29 is 27.9 Å². The minimum Gasteiger partial charge on any atom is -0.394 e. The van der Waals surface area contributed by atoms with Gasteiger partial charge in [-0.05, 0) is 0 Å². The van der Waals surface area contributed by atoms with Gasteiger partial charge in [0, 0.05) is 0 Å². The lowest BCUT2D eigenvalue weighted by molar-refractivity contribution is -0.0442. The molecule has 14 heavy (non-hydrogen) atoms. The zero-order valence-corrected chi connectivity index (χ0v) is 8.51. The molecule has 0 aliphatic carbocycles. The van der Waals surface area contributed by atoms with Crippen LogP contribution in [0.5, 0.6) is 0 Å². The lowest BCUT2D eigenvalue weighted by atomic mass is 10.1. The summed E-state index contributed by atoms with van der Waals surface area (Å²) >= 11 is 0. The first kappa shape index (κ1) is 13.5. The van der Waals surface area contributed by atoms with Crippen molar-refractivity contribution in [2.24, 2.45) is 0 Å². The van der Waals surface area contributed by atoms with Gasteiger partial charge in [0.05, 0.1) is 12.9 Å². The SMILES string of the molecule is C=C[C@@H](O)[C@H](OS(C)(=O)=O)[C@@H](O)CO. The highest BCUT2D eigenvalue weighted by Crippen LogP contribution is 2.09. The summed E-state index contributed by atoms with van der Waals surface area (Å²) in [6.45, 7) is 2.49. The number of rotatable bonds is 6. The third-order valence-electron chi connectivity index (χ3n) is 1.43. The molecule has 0 rings (SSSR count). The average Bonchev–Trinajstić information content (AvgIpc) is 2.10. The normalized spacial score (nSPS) is 18.6. The average molecular weight is 226 g/mol. The van der Waals surface area contributed by atoms with Crippen molar-refractivity contribution in [2.45, 2.75) is 18.3 Å². The second-order valence-electron chi connectivity index (χ2n) is 2.74. The molecule has 0 saturated heterocycles. The standard InChI is InChI=1S/C7H14O6S/c1-3-5(9)7(6(10)4-8)13-14(2,11)12/h3,5-10H,1,4H2,2H3/t5-,6+,7+/m1/s1. The molecule has 0 aromatic carbocycles. The van der Waals surface area contributed by atoms with Crippen LogP contribution in [0.25, 0.3) is 0 Å². The van der Waals surface area contributed by atoms with Gasteiger partial charge in [-0.25, -0.2) is 0 Å². The Kier molecular flexibility index (Phi) is 5.24. The molecule has 0 aromatic rings. The molecule has 0 fully saturated rings. The Labute approximate surface area is 82.6 Å². The highest BCUT2D eigenvalue weighted by Gasteiger charge is 2.29. The summed E-state index contributed by atoms with van der Waals surface area (Å²) in [6.07, 6.45) is -2.51. The van der Waals surface area contributed by atoms with Gasteiger partial charge in [-0.3, -0.25) is 4.18 Å². The fraction of sp³-hybridized carbons (Fsp3) is 0.714. The Morgan fingerprint density at radius 1 is 1.50 bits per heavy atom. The molecule has 3 atom stereocenters. The third kappa shape index (κ3) is 4.68. The van der Waals surface area contributed by atoms with Gasteiger partial charge in [0.1, 0.15) is 18.3 Å². The van der Waals surface area contributed by atoms with E-state index in [1.807, 2.05) is 0 Å². The van der Waals surface area contributed by atoms with Crippen molar-refractivity contribution in [2.75, 3.05) is 12.9 Å². The smallest absolute Gasteiger partial charge is 0.264 e. The van der Waals surface area contributed by atoms with E-state index in [1.54, 1.807) is 0 Å². The van der Waals surface area contributed by atoms with E-state index in [0.29, 0.717) is 0 Å². The molecule has 0 aliphatic heterocycles. The molecule has 7 heteroatoms. The molecule has 6 nitrogen and oxygen atoms in total. The highest BCUT2D eigenvalue weighted by molar-refractivity contribution is 7.86. The van der Waals surface area contributed by atoms with Gasteiger partial charge in [0.15, 0.2) is 0 Å². The van der Waals surface area contributed by atoms with Crippen LogP contribution in [0.4, 0.5) is 0 Å². The first-order valence-electron chi connectivity index (χ1n) is 3.79. The van der Waals surface area contributed by atoms with Gasteiger partial charge in [-0.1, -0.05) is 6.08 Å². The molecular weight excluding hydrogens is 212 g/mol. The first-order valence-corrected chi connectivity index (χ1v) is 5.61. The van der Waals surface area contributed by atoms with Gasteiger partial charge >= 0.3 is 0 Å². The van der Waals surface area contributed by atoms with Crippen LogP contribution in [0.1, 0.15) is 0 Å². The van der Waals surface area contributed by atoms with Gasteiger partial charge in [-0.2, -0.15) is 8.42 Å². The first-order chi connectivity index (χ1) is 6.31. The molecule has 0 unspecified atom stereocenters. The molecular formula is C7H14O6S. The zero-order valence-electron chi connectivity index (χ0n) is 7.70. The van der Waals surface area contributed by atoms with E-state index in [-0.39, 0.29) is 0 Å². The lowest BCUT2D eigenvalue weighted by Crippen LogP contribution is -2.42. The maximum atomic E-state index is 10.7. The highest BCUT2D eigenvalue weighted by atomic mass is 32.2. The quantitative estimate of drug-likeness (QED) is 0.366. The molecule has 0 spiro atoms. The van der Waals surface area contributed by atoms with Gasteiger partial charge in [0.25, 0.3) is 10.1 Å². The molecule has 0 amide bonds. The van der Waals surface area contributed by atoms with Crippen molar-refractivity contribution >= 4 is 10.1 Å². The summed E-state index contributed by atoms with van der Waals surface area (Å²) in [7, 11) is -3.81. The van der Waals surface area contributed by atoms with Crippen LogP contribution in [0.15, 0.2) is 12.7 Å². The van der Waals surface area contributed by atoms with Crippen LogP contribution < -0.4 is 0 Å². The minimum atomic E-state index is -3.81. The van der Waals surface area contributed by atoms with Gasteiger partial charge in [0.2, 0.25) is 0 Å². The number of hydrogen-bond acceptors (Lipinski definition) is 6. The predicted octanol–water partition coefficient (Wildman–Crippen LogP) is -1.77. The van der Waals surface area contributed by atoms with E-state index in [2.05, 4.69) is 10.8 Å². The maximum Gasteiger partial charge on any atom is 0.264 e. The lowest BCUT2D eigenvalue weighted by Gasteiger charge is -2.23. The van der Waals surface area contributed by atoms with E-state index >= 15 is 0 Å². The summed E-state index contributed by atoms with van der Waals surface area (Å²) in [6, 6.07) is 0. The summed E-state index contributed by atoms with van der Waals surface area (Å²) in [5.74, 6) is 0. The molecule has 0 aliphatic rings. The predicted molar refractivity (Wildman–Crippen MR) is 49.0 cm³/mol. The summed E-state index contributed by atoms with van der Waals surface area (Å²) in [5, 5.41) is 26.9. The molecule has 3 N–H and O–H groups in total. The Morgan fingerprint density at radius 2 is 2.00 bits per heavy atom. The Hall–Kier alpha value is -0.470. The number of hydrogen-bond donors (Lipinski definition) is 3. The second-order valence-corrected chi connectivity index (χ2v) is 4.34. The van der Waals surface area contributed by atoms with Gasteiger partial charge in [-0.15, -0.1) is 6.58 Å². The van der Waals surface area contributed by atoms with Crippen LogP contribution >= 0.6 is 0 Å². The largest absolute Gasteiger partial charge is 0.394 e. The Morgan fingerprint density at radius 3 is 2.29 bits per heavy atom. The second kappa shape index (κ2) is 5.42. The monoisotopic (exact) mass is 226 g/mol. The van der Waals surface area contributed by atoms with E-state index in [4.69, 9.17) is 10.2 Å². The molecule has 0 bridgehead atoms. The fourth-order valence-electron chi connectivity index (χ4n) is 0.789. The fourth-order valence-corrected chi connectivity index (χ4v) is 1.43. The van der Waals surface area contributed by atoms with Crippen molar-refractivity contribution in [3.05, 3.63) is 12.7 Å². The zero-order chi connectivity index (χ0) is 11.4. The molecule has 0 radical (unpaired) electrons. The van der Waals surface area contributed by atoms with Crippen LogP contribution in [0.2, 0.25) is 0 Å². The summed E-state index contributed by atoms with van der Waals surface area (Å²) < 4.78 is 25.8. The van der Waals surface area contributed by atoms with Gasteiger partial charge < -0.3 is 15.3 Å². The Balaban J connectivity index is 4.64. The molecule has 0 aromatic heterocycles. The van der Waals surface area contributed by atoms with Crippen molar-refractivity contribution in [1.82, 2.24) is 0 Å². The molecule has 0 heterocycles. The van der Waals surface area contributed by atoms with E-state index in [1.165, 1.54) is 0 Å². The van der Waals surface area contributed by atoms with E-state index < -0.39 is 35.0 Å². The number of aliphatic hydroxyl groups is 3. The van der Waals surface area contributed by atoms with E-state index in [0.717, 1.165) is 12.3 Å². The summed E-state index contributed by atoms with van der Waals surface area (Å²) in [5.41, 5.74) is 0. The topological polar surface area (TPSA) is 104 Å². The Bertz CT molecular complexity index is 272. The van der Waals surface area contributed by atoms with Crippen LogP contribution in [-0.4, -0.2) is 54.9 Å². The minimum absolute atomic E-state index is 0.717. The maximum absolute atomic E-state index is 10.7. The number of aliphatic hydroxyl groups excluding tert-OH is 3. The molecule has 84 valence electrons. The third-order valence-corrected chi connectivity index (χ3v) is 2.00. The van der Waals surface area contributed by atoms with Crippen LogP contribution in [0, 0.1) is 0 Å². The van der Waals surface area contributed by atoms with Crippen molar-refractivity contribution in [1.29, 1.82) is 0 Å². The van der Waals surface area contributed by atoms with Crippen molar-refractivity contribution in [3.8, 4) is 0 Å².